The van der Waals surface area contributed by atoms with Gasteiger partial charge in [-0.3, -0.25) is 0 Å². The van der Waals surface area contributed by atoms with Crippen molar-refractivity contribution in [2.45, 2.75) is 19.5 Å². The first kappa shape index (κ1) is 11.4. The van der Waals surface area contributed by atoms with Gasteiger partial charge in [-0.1, -0.05) is 28.1 Å². The normalized spacial score (nSPS) is 12.7. The van der Waals surface area contributed by atoms with Gasteiger partial charge in [0, 0.05) is 29.5 Å². The number of imidazole rings is 1. The van der Waals surface area contributed by atoms with Crippen LogP contribution in [0.15, 0.2) is 41.1 Å². The summed E-state index contributed by atoms with van der Waals surface area (Å²) in [6, 6.07) is 8.09. The Hall–Kier alpha value is -1.13. The number of benzene rings is 1. The average Bonchev–Trinajstić information content (AvgIpc) is 2.64. The Balaban J connectivity index is 2.14. The van der Waals surface area contributed by atoms with E-state index in [1.165, 1.54) is 0 Å². The molecule has 0 amide bonds. The highest BCUT2D eigenvalue weighted by Crippen LogP contribution is 2.18. The monoisotopic (exact) mass is 279 g/mol. The highest BCUT2D eigenvalue weighted by atomic mass is 79.9. The molecule has 0 saturated heterocycles. The maximum absolute atomic E-state index is 6.15. The maximum atomic E-state index is 6.15. The van der Waals surface area contributed by atoms with Gasteiger partial charge in [0.25, 0.3) is 0 Å². The number of aromatic nitrogens is 2. The van der Waals surface area contributed by atoms with Gasteiger partial charge in [0.1, 0.15) is 5.82 Å². The summed E-state index contributed by atoms with van der Waals surface area (Å²) in [4.78, 5) is 4.18. The molecule has 0 aliphatic carbocycles. The van der Waals surface area contributed by atoms with Crippen LogP contribution in [0.4, 0.5) is 0 Å². The summed E-state index contributed by atoms with van der Waals surface area (Å²) in [6.07, 6.45) is 3.75. The average molecular weight is 280 g/mol. The predicted molar refractivity (Wildman–Crippen MR) is 68.0 cm³/mol. The summed E-state index contributed by atoms with van der Waals surface area (Å²) in [5.41, 5.74) is 7.28. The lowest BCUT2D eigenvalue weighted by Crippen LogP contribution is -2.17. The molecule has 0 fully saturated rings. The molecule has 1 aromatic carbocycles. The molecule has 84 valence electrons. The van der Waals surface area contributed by atoms with Gasteiger partial charge in [-0.05, 0) is 24.6 Å². The van der Waals surface area contributed by atoms with E-state index in [9.17, 15) is 0 Å². The number of hydrogen-bond acceptors (Lipinski definition) is 2. The minimum atomic E-state index is -0.00889. The summed E-state index contributed by atoms with van der Waals surface area (Å²) < 4.78 is 3.12. The van der Waals surface area contributed by atoms with Crippen molar-refractivity contribution in [1.29, 1.82) is 0 Å². The zero-order valence-electron chi connectivity index (χ0n) is 9.10. The molecule has 2 N–H and O–H groups in total. The van der Waals surface area contributed by atoms with Crippen LogP contribution < -0.4 is 5.73 Å². The molecule has 3 nitrogen and oxygen atoms in total. The molecule has 4 heteroatoms. The van der Waals surface area contributed by atoms with Crippen molar-refractivity contribution in [2.24, 2.45) is 5.73 Å². The van der Waals surface area contributed by atoms with Gasteiger partial charge in [0.05, 0.1) is 0 Å². The summed E-state index contributed by atoms with van der Waals surface area (Å²) in [5, 5.41) is 0. The van der Waals surface area contributed by atoms with Crippen LogP contribution in [-0.2, 0) is 6.54 Å². The van der Waals surface area contributed by atoms with Crippen LogP contribution in [0.1, 0.15) is 17.4 Å². The summed E-state index contributed by atoms with van der Waals surface area (Å²) in [6.45, 7) is 2.73. The SMILES string of the molecule is Cc1nccn1CC(N)c1cccc(Br)c1. The maximum Gasteiger partial charge on any atom is 0.105 e. The number of hydrogen-bond donors (Lipinski definition) is 1. The van der Waals surface area contributed by atoms with Crippen molar-refractivity contribution in [3.05, 3.63) is 52.5 Å². The van der Waals surface area contributed by atoms with Crippen molar-refractivity contribution in [1.82, 2.24) is 9.55 Å². The number of nitrogens with zero attached hydrogens (tertiary/aromatic N) is 2. The Morgan fingerprint density at radius 3 is 2.94 bits per heavy atom. The predicted octanol–water partition coefficient (Wildman–Crippen LogP) is 2.65. The minimum absolute atomic E-state index is 0.00889. The van der Waals surface area contributed by atoms with E-state index in [4.69, 9.17) is 5.73 Å². The molecule has 1 unspecified atom stereocenters. The Kier molecular flexibility index (Phi) is 3.41. The highest BCUT2D eigenvalue weighted by molar-refractivity contribution is 9.10. The lowest BCUT2D eigenvalue weighted by Gasteiger charge is -2.14. The van der Waals surface area contributed by atoms with Gasteiger partial charge in [0.2, 0.25) is 0 Å². The summed E-state index contributed by atoms with van der Waals surface area (Å²) in [7, 11) is 0. The largest absolute Gasteiger partial charge is 0.333 e. The van der Waals surface area contributed by atoms with Gasteiger partial charge in [0.15, 0.2) is 0 Å². The van der Waals surface area contributed by atoms with Crippen LogP contribution in [0.2, 0.25) is 0 Å². The van der Waals surface area contributed by atoms with Crippen molar-refractivity contribution < 1.29 is 0 Å². The fourth-order valence-corrected chi connectivity index (χ4v) is 2.07. The first-order chi connectivity index (χ1) is 7.66. The second-order valence-corrected chi connectivity index (χ2v) is 4.70. The van der Waals surface area contributed by atoms with Gasteiger partial charge in [-0.2, -0.15) is 0 Å². The zero-order chi connectivity index (χ0) is 11.5. The Bertz CT molecular complexity index is 479. The van der Waals surface area contributed by atoms with Crippen molar-refractivity contribution in [3.8, 4) is 0 Å². The Labute approximate surface area is 103 Å². The molecular formula is C12H14BrN3. The van der Waals surface area contributed by atoms with Crippen molar-refractivity contribution >= 4 is 15.9 Å². The molecule has 2 rings (SSSR count). The Morgan fingerprint density at radius 1 is 1.50 bits per heavy atom. The molecule has 16 heavy (non-hydrogen) atoms. The van der Waals surface area contributed by atoms with Crippen LogP contribution in [0.3, 0.4) is 0 Å². The van der Waals surface area contributed by atoms with Crippen LogP contribution >= 0.6 is 15.9 Å². The molecule has 0 bridgehead atoms. The third-order valence-electron chi connectivity index (χ3n) is 2.59. The quantitative estimate of drug-likeness (QED) is 0.939. The molecule has 1 aromatic heterocycles. The van der Waals surface area contributed by atoms with Gasteiger partial charge < -0.3 is 10.3 Å². The van der Waals surface area contributed by atoms with Crippen LogP contribution in [0.25, 0.3) is 0 Å². The fourth-order valence-electron chi connectivity index (χ4n) is 1.65. The molecule has 0 aliphatic heterocycles. The van der Waals surface area contributed by atoms with E-state index in [1.807, 2.05) is 31.3 Å². The topological polar surface area (TPSA) is 43.8 Å². The molecule has 1 atom stereocenters. The van der Waals surface area contributed by atoms with E-state index >= 15 is 0 Å². The number of halogens is 1. The number of aryl methyl sites for hydroxylation is 1. The van der Waals surface area contributed by atoms with Crippen LogP contribution in [0, 0.1) is 6.92 Å². The molecule has 1 heterocycles. The smallest absolute Gasteiger partial charge is 0.105 e. The fraction of sp³-hybridized carbons (Fsp3) is 0.250. The van der Waals surface area contributed by atoms with Crippen LogP contribution in [0.5, 0.6) is 0 Å². The molecule has 0 saturated carbocycles. The third kappa shape index (κ3) is 2.51. The number of rotatable bonds is 3. The second kappa shape index (κ2) is 4.80. The first-order valence-electron chi connectivity index (χ1n) is 5.15. The van der Waals surface area contributed by atoms with Crippen molar-refractivity contribution in [3.63, 3.8) is 0 Å². The summed E-state index contributed by atoms with van der Waals surface area (Å²) >= 11 is 3.45. The summed E-state index contributed by atoms with van der Waals surface area (Å²) in [5.74, 6) is 0.991. The molecule has 2 aromatic rings. The molecular weight excluding hydrogens is 266 g/mol. The lowest BCUT2D eigenvalue weighted by molar-refractivity contribution is 0.565. The second-order valence-electron chi connectivity index (χ2n) is 3.79. The van der Waals surface area contributed by atoms with E-state index in [0.717, 1.165) is 22.4 Å². The van der Waals surface area contributed by atoms with E-state index < -0.39 is 0 Å². The van der Waals surface area contributed by atoms with E-state index in [0.29, 0.717) is 0 Å². The molecule has 0 aliphatic rings. The standard InChI is InChI=1S/C12H14BrN3/c1-9-15-5-6-16(9)8-12(14)10-3-2-4-11(13)7-10/h2-7,12H,8,14H2,1H3. The third-order valence-corrected chi connectivity index (χ3v) is 3.09. The van der Waals surface area contributed by atoms with E-state index in [1.54, 1.807) is 6.20 Å². The van der Waals surface area contributed by atoms with Crippen LogP contribution in [-0.4, -0.2) is 9.55 Å². The first-order valence-corrected chi connectivity index (χ1v) is 5.95. The zero-order valence-corrected chi connectivity index (χ0v) is 10.7. The molecule has 0 radical (unpaired) electrons. The highest BCUT2D eigenvalue weighted by Gasteiger charge is 2.08. The lowest BCUT2D eigenvalue weighted by atomic mass is 10.1. The van der Waals surface area contributed by atoms with E-state index in [2.05, 4.69) is 31.5 Å². The van der Waals surface area contributed by atoms with Crippen molar-refractivity contribution in [2.75, 3.05) is 0 Å². The van der Waals surface area contributed by atoms with Gasteiger partial charge in [-0.25, -0.2) is 4.98 Å². The van der Waals surface area contributed by atoms with Gasteiger partial charge >= 0.3 is 0 Å². The van der Waals surface area contributed by atoms with Gasteiger partial charge in [-0.15, -0.1) is 0 Å². The minimum Gasteiger partial charge on any atom is -0.333 e. The number of nitrogens with two attached hydrogens (primary N) is 1. The van der Waals surface area contributed by atoms with E-state index in [-0.39, 0.29) is 6.04 Å². The Morgan fingerprint density at radius 2 is 2.31 bits per heavy atom. The molecule has 0 spiro atoms.